The second-order valence-corrected chi connectivity index (χ2v) is 4.39. The molecule has 2 N–H and O–H groups in total. The number of hydrogen-bond donors (Lipinski definition) is 2. The van der Waals surface area contributed by atoms with Gasteiger partial charge in [-0.25, -0.2) is 0 Å². The Kier molecular flexibility index (Phi) is 3.62. The molecule has 1 aliphatic rings. The predicted octanol–water partition coefficient (Wildman–Crippen LogP) is 2.46. The van der Waals surface area contributed by atoms with Gasteiger partial charge in [-0.1, -0.05) is 31.5 Å². The Bertz CT molecular complexity index is 384. The smallest absolute Gasteiger partial charge is 0.0580 e. The van der Waals surface area contributed by atoms with Gasteiger partial charge in [-0.3, -0.25) is 0 Å². The Morgan fingerprint density at radius 2 is 2.31 bits per heavy atom. The lowest BCUT2D eigenvalue weighted by Gasteiger charge is -2.15. The normalized spacial score (nSPS) is 15.4. The van der Waals surface area contributed by atoms with E-state index in [0.29, 0.717) is 0 Å². The van der Waals surface area contributed by atoms with Gasteiger partial charge in [0.25, 0.3) is 0 Å². The molecule has 16 heavy (non-hydrogen) atoms. The molecule has 1 aromatic rings. The maximum absolute atomic E-state index is 9.78. The summed E-state index contributed by atoms with van der Waals surface area (Å²) in [6.45, 7) is 3.01. The van der Waals surface area contributed by atoms with Gasteiger partial charge in [0.05, 0.1) is 6.10 Å². The molecule has 0 amide bonds. The maximum Gasteiger partial charge on any atom is 0.0580 e. The molecule has 1 aromatic carbocycles. The van der Waals surface area contributed by atoms with Crippen LogP contribution >= 0.6 is 0 Å². The van der Waals surface area contributed by atoms with Crippen LogP contribution in [0.25, 0.3) is 6.08 Å². The zero-order chi connectivity index (χ0) is 11.4. The summed E-state index contributed by atoms with van der Waals surface area (Å²) in [5.74, 6) is 0. The summed E-state index contributed by atoms with van der Waals surface area (Å²) in [5, 5.41) is 13.0. The monoisotopic (exact) mass is 217 g/mol. The largest absolute Gasteiger partial charge is 0.393 e. The van der Waals surface area contributed by atoms with Crippen LogP contribution in [0.3, 0.4) is 0 Å². The minimum absolute atomic E-state index is 0.200. The zero-order valence-corrected chi connectivity index (χ0v) is 9.74. The number of aliphatic hydroxyl groups excluding tert-OH is 1. The molecular formula is C14H19NO. The van der Waals surface area contributed by atoms with Gasteiger partial charge in [0.2, 0.25) is 0 Å². The molecule has 0 saturated carbocycles. The first-order valence-corrected chi connectivity index (χ1v) is 5.99. The molecule has 0 saturated heterocycles. The van der Waals surface area contributed by atoms with Crippen molar-refractivity contribution < 1.29 is 5.11 Å². The lowest BCUT2D eigenvalue weighted by atomic mass is 9.98. The fourth-order valence-electron chi connectivity index (χ4n) is 2.11. The van der Waals surface area contributed by atoms with Crippen molar-refractivity contribution in [1.82, 2.24) is 5.32 Å². The van der Waals surface area contributed by atoms with Crippen LogP contribution in [0.2, 0.25) is 0 Å². The summed E-state index contributed by atoms with van der Waals surface area (Å²) < 4.78 is 0. The minimum Gasteiger partial charge on any atom is -0.393 e. The van der Waals surface area contributed by atoms with Crippen molar-refractivity contribution in [2.24, 2.45) is 0 Å². The third-order valence-electron chi connectivity index (χ3n) is 2.98. The predicted molar refractivity (Wildman–Crippen MR) is 66.9 cm³/mol. The molecule has 1 aliphatic heterocycles. The number of nitrogens with one attached hydrogen (secondary N) is 1. The highest BCUT2D eigenvalue weighted by molar-refractivity contribution is 5.56. The third kappa shape index (κ3) is 2.64. The van der Waals surface area contributed by atoms with E-state index in [1.807, 2.05) is 6.20 Å². The highest BCUT2D eigenvalue weighted by atomic mass is 16.3. The second kappa shape index (κ2) is 5.17. The van der Waals surface area contributed by atoms with Gasteiger partial charge >= 0.3 is 0 Å². The van der Waals surface area contributed by atoms with E-state index in [1.54, 1.807) is 0 Å². The molecular weight excluding hydrogens is 198 g/mol. The van der Waals surface area contributed by atoms with Gasteiger partial charge in [-0.15, -0.1) is 0 Å². The van der Waals surface area contributed by atoms with E-state index in [2.05, 4.69) is 36.5 Å². The molecule has 0 radical (unpaired) electrons. The molecule has 2 nitrogen and oxygen atoms in total. The molecule has 0 aromatic heterocycles. The SMILES string of the molecule is CCCC(O)Cc1ccc2c(c1)C=CNC2. The van der Waals surface area contributed by atoms with Crippen molar-refractivity contribution in [3.8, 4) is 0 Å². The fraction of sp³-hybridized carbons (Fsp3) is 0.429. The zero-order valence-electron chi connectivity index (χ0n) is 9.74. The van der Waals surface area contributed by atoms with E-state index in [4.69, 9.17) is 0 Å². The molecule has 0 fully saturated rings. The second-order valence-electron chi connectivity index (χ2n) is 4.39. The fourth-order valence-corrected chi connectivity index (χ4v) is 2.11. The minimum atomic E-state index is -0.200. The van der Waals surface area contributed by atoms with E-state index >= 15 is 0 Å². The summed E-state index contributed by atoms with van der Waals surface area (Å²) in [4.78, 5) is 0. The molecule has 1 atom stereocenters. The summed E-state index contributed by atoms with van der Waals surface area (Å²) in [6.07, 6.45) is 6.56. The standard InChI is InChI=1S/C14H19NO/c1-2-3-14(16)9-11-4-5-13-10-15-7-6-12(13)8-11/h4-8,14-16H,2-3,9-10H2,1H3. The number of aliphatic hydroxyl groups is 1. The Hall–Kier alpha value is -1.28. The first-order chi connectivity index (χ1) is 7.79. The van der Waals surface area contributed by atoms with E-state index in [1.165, 1.54) is 16.7 Å². The average Bonchev–Trinajstić information content (AvgIpc) is 2.29. The molecule has 1 unspecified atom stereocenters. The maximum atomic E-state index is 9.78. The molecule has 2 rings (SSSR count). The number of rotatable bonds is 4. The van der Waals surface area contributed by atoms with Crippen molar-refractivity contribution in [3.05, 3.63) is 41.1 Å². The molecule has 86 valence electrons. The van der Waals surface area contributed by atoms with Gasteiger partial charge < -0.3 is 10.4 Å². The summed E-state index contributed by atoms with van der Waals surface area (Å²) in [6, 6.07) is 6.46. The highest BCUT2D eigenvalue weighted by Gasteiger charge is 2.08. The van der Waals surface area contributed by atoms with Gasteiger partial charge in [0, 0.05) is 6.54 Å². The molecule has 1 heterocycles. The summed E-state index contributed by atoms with van der Waals surface area (Å²) in [7, 11) is 0. The van der Waals surface area contributed by atoms with Crippen LogP contribution in [0.5, 0.6) is 0 Å². The van der Waals surface area contributed by atoms with E-state index in [9.17, 15) is 5.11 Å². The van der Waals surface area contributed by atoms with Crippen molar-refractivity contribution in [1.29, 1.82) is 0 Å². The first kappa shape index (κ1) is 11.2. The van der Waals surface area contributed by atoms with Crippen LogP contribution < -0.4 is 5.32 Å². The topological polar surface area (TPSA) is 32.3 Å². The molecule has 0 spiro atoms. The van der Waals surface area contributed by atoms with Crippen molar-refractivity contribution in [2.45, 2.75) is 38.8 Å². The first-order valence-electron chi connectivity index (χ1n) is 5.99. The third-order valence-corrected chi connectivity index (χ3v) is 2.98. The van der Waals surface area contributed by atoms with E-state index in [-0.39, 0.29) is 6.10 Å². The summed E-state index contributed by atoms with van der Waals surface area (Å²) in [5.41, 5.74) is 3.84. The average molecular weight is 217 g/mol. The van der Waals surface area contributed by atoms with Crippen LogP contribution in [0.15, 0.2) is 24.4 Å². The number of benzene rings is 1. The molecule has 0 aliphatic carbocycles. The Labute approximate surface area is 97.0 Å². The summed E-state index contributed by atoms with van der Waals surface area (Å²) >= 11 is 0. The van der Waals surface area contributed by atoms with Crippen LogP contribution in [0.1, 0.15) is 36.5 Å². The van der Waals surface area contributed by atoms with Gasteiger partial charge in [-0.2, -0.15) is 0 Å². The van der Waals surface area contributed by atoms with Crippen LogP contribution in [-0.4, -0.2) is 11.2 Å². The molecule has 0 bridgehead atoms. The molecule has 2 heteroatoms. The van der Waals surface area contributed by atoms with Crippen molar-refractivity contribution in [3.63, 3.8) is 0 Å². The van der Waals surface area contributed by atoms with Crippen LogP contribution in [0, 0.1) is 0 Å². The Balaban J connectivity index is 2.09. The number of hydrogen-bond acceptors (Lipinski definition) is 2. The van der Waals surface area contributed by atoms with E-state index in [0.717, 1.165) is 25.8 Å². The Morgan fingerprint density at radius 3 is 3.12 bits per heavy atom. The number of fused-ring (bicyclic) bond motifs is 1. The Morgan fingerprint density at radius 1 is 1.44 bits per heavy atom. The lowest BCUT2D eigenvalue weighted by molar-refractivity contribution is 0.164. The van der Waals surface area contributed by atoms with Gasteiger partial charge in [0.1, 0.15) is 0 Å². The van der Waals surface area contributed by atoms with Crippen LogP contribution in [0.4, 0.5) is 0 Å². The quantitative estimate of drug-likeness (QED) is 0.812. The lowest BCUT2D eigenvalue weighted by Crippen LogP contribution is -2.12. The van der Waals surface area contributed by atoms with Crippen molar-refractivity contribution >= 4 is 6.08 Å². The van der Waals surface area contributed by atoms with Crippen LogP contribution in [-0.2, 0) is 13.0 Å². The van der Waals surface area contributed by atoms with Gasteiger partial charge in [-0.05, 0) is 41.8 Å². The highest BCUT2D eigenvalue weighted by Crippen LogP contribution is 2.18. The van der Waals surface area contributed by atoms with Crippen molar-refractivity contribution in [2.75, 3.05) is 0 Å². The van der Waals surface area contributed by atoms with E-state index < -0.39 is 0 Å². The van der Waals surface area contributed by atoms with Gasteiger partial charge in [0.15, 0.2) is 0 Å².